The second-order valence-corrected chi connectivity index (χ2v) is 6.98. The summed E-state index contributed by atoms with van der Waals surface area (Å²) in [6, 6.07) is 6.09. The predicted molar refractivity (Wildman–Crippen MR) is 99.9 cm³/mol. The van der Waals surface area contributed by atoms with Crippen LogP contribution in [0.25, 0.3) is 0 Å². The Bertz CT molecular complexity index is 1070. The minimum absolute atomic E-state index is 0.00180. The number of hydrogen-bond acceptors (Lipinski definition) is 5. The average Bonchev–Trinajstić information content (AvgIpc) is 3.12. The number of rotatable bonds is 4. The van der Waals surface area contributed by atoms with Gasteiger partial charge < -0.3 is 4.90 Å². The first-order valence-electron chi connectivity index (χ1n) is 8.75. The van der Waals surface area contributed by atoms with Crippen LogP contribution in [0.5, 0.6) is 0 Å². The lowest BCUT2D eigenvalue weighted by atomic mass is 10.0. The monoisotopic (exact) mass is 406 g/mol. The maximum absolute atomic E-state index is 13.4. The lowest BCUT2D eigenvalue weighted by Gasteiger charge is -2.29. The summed E-state index contributed by atoms with van der Waals surface area (Å²) in [7, 11) is 0. The van der Waals surface area contributed by atoms with Gasteiger partial charge in [-0.3, -0.25) is 4.79 Å². The van der Waals surface area contributed by atoms with E-state index in [0.717, 1.165) is 11.4 Å². The molecule has 3 heterocycles. The van der Waals surface area contributed by atoms with Crippen molar-refractivity contribution in [2.75, 3.05) is 11.4 Å². The Morgan fingerprint density at radius 3 is 2.75 bits per heavy atom. The van der Waals surface area contributed by atoms with Crippen LogP contribution < -0.4 is 10.5 Å². The van der Waals surface area contributed by atoms with Crippen LogP contribution in [-0.2, 0) is 13.0 Å². The van der Waals surface area contributed by atoms with Gasteiger partial charge in [-0.15, -0.1) is 5.10 Å². The van der Waals surface area contributed by atoms with Gasteiger partial charge in [-0.05, 0) is 12.5 Å². The molecule has 2 aromatic heterocycles. The molecule has 4 rings (SSSR count). The van der Waals surface area contributed by atoms with Gasteiger partial charge in [-0.2, -0.15) is 5.10 Å². The second-order valence-electron chi connectivity index (χ2n) is 6.60. The molecule has 1 aliphatic heterocycles. The number of nitrogens with one attached hydrogen (secondary N) is 1. The van der Waals surface area contributed by atoms with Crippen LogP contribution in [0.2, 0.25) is 5.02 Å². The van der Waals surface area contributed by atoms with Crippen molar-refractivity contribution in [3.8, 4) is 0 Å². The van der Waals surface area contributed by atoms with E-state index in [1.165, 1.54) is 12.3 Å². The molecule has 146 valence electrons. The van der Waals surface area contributed by atoms with E-state index in [0.29, 0.717) is 30.8 Å². The summed E-state index contributed by atoms with van der Waals surface area (Å²) in [5.74, 6) is 0. The highest BCUT2D eigenvalue weighted by Gasteiger charge is 2.27. The molecule has 0 spiro atoms. The van der Waals surface area contributed by atoms with Gasteiger partial charge in [0, 0.05) is 18.5 Å². The number of H-pyrrole nitrogens is 1. The first-order valence-corrected chi connectivity index (χ1v) is 9.13. The Labute approximate surface area is 163 Å². The van der Waals surface area contributed by atoms with Crippen molar-refractivity contribution in [1.82, 2.24) is 25.2 Å². The van der Waals surface area contributed by atoms with E-state index in [1.807, 2.05) is 11.8 Å². The molecule has 0 saturated carbocycles. The molecule has 0 fully saturated rings. The van der Waals surface area contributed by atoms with E-state index >= 15 is 0 Å². The molecule has 1 atom stereocenters. The zero-order chi connectivity index (χ0) is 19.8. The molecule has 0 saturated heterocycles. The maximum Gasteiger partial charge on any atom is 0.285 e. The van der Waals surface area contributed by atoms with Gasteiger partial charge in [0.05, 0.1) is 30.2 Å². The Hall–Kier alpha value is -2.81. The molecular weight excluding hydrogens is 390 g/mol. The molecule has 0 amide bonds. The quantitative estimate of drug-likeness (QED) is 0.720. The summed E-state index contributed by atoms with van der Waals surface area (Å²) in [6.45, 7) is 2.82. The molecule has 1 aromatic carbocycles. The van der Waals surface area contributed by atoms with Crippen LogP contribution in [0, 0.1) is 0 Å². The number of nitrogens with zero attached hydrogens (tertiary/aromatic N) is 5. The summed E-state index contributed by atoms with van der Waals surface area (Å²) < 4.78 is 28.5. The molecule has 0 aliphatic carbocycles. The zero-order valence-corrected chi connectivity index (χ0v) is 15.7. The van der Waals surface area contributed by atoms with E-state index in [2.05, 4.69) is 20.5 Å². The third kappa shape index (κ3) is 3.15. The average molecular weight is 407 g/mol. The van der Waals surface area contributed by atoms with Crippen LogP contribution in [0.15, 0.2) is 35.3 Å². The Kier molecular flexibility index (Phi) is 4.84. The molecule has 0 radical (unpaired) electrons. The van der Waals surface area contributed by atoms with E-state index in [-0.39, 0.29) is 16.6 Å². The minimum Gasteiger partial charge on any atom is -0.362 e. The van der Waals surface area contributed by atoms with Crippen LogP contribution in [0.1, 0.15) is 41.9 Å². The van der Waals surface area contributed by atoms with Crippen LogP contribution in [0.3, 0.4) is 0 Å². The number of benzene rings is 1. The van der Waals surface area contributed by atoms with Gasteiger partial charge in [0.1, 0.15) is 10.7 Å². The first-order chi connectivity index (χ1) is 13.5. The Morgan fingerprint density at radius 2 is 2.00 bits per heavy atom. The van der Waals surface area contributed by atoms with Crippen molar-refractivity contribution < 1.29 is 8.78 Å². The SMILES string of the molecule is C[C@H](c1ccccc1C(F)F)n1nnc2c1CCN(c1cn[nH]c(=O)c1Cl)C2. The third-order valence-electron chi connectivity index (χ3n) is 5.00. The third-order valence-corrected chi connectivity index (χ3v) is 5.36. The van der Waals surface area contributed by atoms with Gasteiger partial charge in [0.15, 0.2) is 0 Å². The van der Waals surface area contributed by atoms with E-state index < -0.39 is 12.0 Å². The lowest BCUT2D eigenvalue weighted by Crippen LogP contribution is -2.33. The van der Waals surface area contributed by atoms with Crippen LogP contribution >= 0.6 is 11.6 Å². The predicted octanol–water partition coefficient (Wildman–Crippen LogP) is 3.12. The Morgan fingerprint density at radius 1 is 1.25 bits per heavy atom. The standard InChI is InChI=1S/C18H17ClF2N6O/c1-10(11-4-2-3-5-12(11)17(20)21)27-14-6-7-26(9-13(14)23-25-27)15-8-22-24-18(28)16(15)19/h2-5,8,10,17H,6-7,9H2,1H3,(H,24,28)/t10-/m1/s1. The summed E-state index contributed by atoms with van der Waals surface area (Å²) in [6.07, 6.45) is -0.466. The Balaban J connectivity index is 1.65. The molecule has 3 aromatic rings. The number of aromatic nitrogens is 5. The first kappa shape index (κ1) is 18.5. The van der Waals surface area contributed by atoms with Crippen LogP contribution in [-0.4, -0.2) is 31.7 Å². The van der Waals surface area contributed by atoms with Crippen molar-refractivity contribution in [3.05, 3.63) is 68.4 Å². The lowest BCUT2D eigenvalue weighted by molar-refractivity contribution is 0.149. The molecular formula is C18H17ClF2N6O. The molecule has 10 heteroatoms. The number of hydrogen-bond donors (Lipinski definition) is 1. The highest BCUT2D eigenvalue weighted by atomic mass is 35.5. The van der Waals surface area contributed by atoms with E-state index in [9.17, 15) is 13.6 Å². The van der Waals surface area contributed by atoms with E-state index in [1.54, 1.807) is 22.9 Å². The van der Waals surface area contributed by atoms with Gasteiger partial charge in [-0.1, -0.05) is 41.1 Å². The van der Waals surface area contributed by atoms with Crippen molar-refractivity contribution >= 4 is 17.3 Å². The summed E-state index contributed by atoms with van der Waals surface area (Å²) in [4.78, 5) is 13.6. The van der Waals surface area contributed by atoms with Crippen molar-refractivity contribution in [2.24, 2.45) is 0 Å². The van der Waals surface area contributed by atoms with Gasteiger partial charge >= 0.3 is 0 Å². The number of anilines is 1. The smallest absolute Gasteiger partial charge is 0.285 e. The van der Waals surface area contributed by atoms with Gasteiger partial charge in [-0.25, -0.2) is 18.6 Å². The minimum atomic E-state index is -2.56. The molecule has 0 bridgehead atoms. The summed E-state index contributed by atoms with van der Waals surface area (Å²) >= 11 is 6.10. The highest BCUT2D eigenvalue weighted by Crippen LogP contribution is 2.32. The number of aromatic amines is 1. The van der Waals surface area contributed by atoms with Gasteiger partial charge in [0.2, 0.25) is 0 Å². The summed E-state index contributed by atoms with van der Waals surface area (Å²) in [5, 5.41) is 14.6. The molecule has 28 heavy (non-hydrogen) atoms. The topological polar surface area (TPSA) is 79.7 Å². The zero-order valence-electron chi connectivity index (χ0n) is 14.9. The fourth-order valence-electron chi connectivity index (χ4n) is 3.56. The van der Waals surface area contributed by atoms with Crippen molar-refractivity contribution in [3.63, 3.8) is 0 Å². The fraction of sp³-hybridized carbons (Fsp3) is 0.333. The molecule has 0 unspecified atom stereocenters. The number of halogens is 3. The number of alkyl halides is 2. The number of fused-ring (bicyclic) bond motifs is 1. The largest absolute Gasteiger partial charge is 0.362 e. The molecule has 1 aliphatic rings. The van der Waals surface area contributed by atoms with Crippen LogP contribution in [0.4, 0.5) is 14.5 Å². The molecule has 1 N–H and O–H groups in total. The second kappa shape index (κ2) is 7.31. The van der Waals surface area contributed by atoms with Crippen molar-refractivity contribution in [2.45, 2.75) is 32.4 Å². The highest BCUT2D eigenvalue weighted by molar-refractivity contribution is 6.32. The molecule has 7 nitrogen and oxygen atoms in total. The van der Waals surface area contributed by atoms with E-state index in [4.69, 9.17) is 11.6 Å². The summed E-state index contributed by atoms with van der Waals surface area (Å²) in [5.41, 5.74) is 2.21. The maximum atomic E-state index is 13.4. The fourth-order valence-corrected chi connectivity index (χ4v) is 3.77. The van der Waals surface area contributed by atoms with Gasteiger partial charge in [0.25, 0.3) is 12.0 Å². The van der Waals surface area contributed by atoms with Crippen molar-refractivity contribution in [1.29, 1.82) is 0 Å². The normalized spacial score (nSPS) is 15.0.